The standard InChI is InChI=1S/C14H24N2O2S/c1-10-8-9-12(11(2)13(10)16(6)7)19(17,18)15-14(3,4)5/h8-9,15H,1-7H3. The van der Waals surface area contributed by atoms with Crippen LogP contribution in [0.3, 0.4) is 0 Å². The molecule has 0 saturated carbocycles. The van der Waals surface area contributed by atoms with E-state index in [4.69, 9.17) is 0 Å². The van der Waals surface area contributed by atoms with Crippen LogP contribution >= 0.6 is 0 Å². The molecule has 0 fully saturated rings. The molecule has 1 N–H and O–H groups in total. The van der Waals surface area contributed by atoms with Gasteiger partial charge in [0.05, 0.1) is 4.90 Å². The lowest BCUT2D eigenvalue weighted by Gasteiger charge is -2.24. The summed E-state index contributed by atoms with van der Waals surface area (Å²) in [5, 5.41) is 0. The molecular weight excluding hydrogens is 260 g/mol. The highest BCUT2D eigenvalue weighted by atomic mass is 32.2. The molecule has 0 unspecified atom stereocenters. The van der Waals surface area contributed by atoms with E-state index in [0.717, 1.165) is 16.8 Å². The minimum atomic E-state index is -3.50. The molecule has 5 heteroatoms. The Morgan fingerprint density at radius 2 is 1.63 bits per heavy atom. The van der Waals surface area contributed by atoms with Crippen LogP contribution in [-0.2, 0) is 10.0 Å². The summed E-state index contributed by atoms with van der Waals surface area (Å²) >= 11 is 0. The predicted octanol–water partition coefficient (Wildman–Crippen LogP) is 2.45. The molecule has 0 aromatic heterocycles. The number of nitrogens with zero attached hydrogens (tertiary/aromatic N) is 1. The normalized spacial score (nSPS) is 12.6. The first kappa shape index (κ1) is 16.0. The molecule has 0 spiro atoms. The van der Waals surface area contributed by atoms with Gasteiger partial charge in [-0.15, -0.1) is 0 Å². The topological polar surface area (TPSA) is 49.4 Å². The van der Waals surface area contributed by atoms with Crippen LogP contribution in [0.15, 0.2) is 17.0 Å². The Hall–Kier alpha value is -1.07. The number of aryl methyl sites for hydroxylation is 1. The first-order valence-electron chi connectivity index (χ1n) is 6.27. The number of nitrogens with one attached hydrogen (secondary N) is 1. The van der Waals surface area contributed by atoms with Crippen molar-refractivity contribution in [3.63, 3.8) is 0 Å². The molecule has 0 heterocycles. The second kappa shape index (κ2) is 5.13. The lowest BCUT2D eigenvalue weighted by Crippen LogP contribution is -2.40. The second-order valence-electron chi connectivity index (χ2n) is 6.10. The van der Waals surface area contributed by atoms with E-state index in [9.17, 15) is 8.42 Å². The Morgan fingerprint density at radius 1 is 1.11 bits per heavy atom. The zero-order valence-corrected chi connectivity index (χ0v) is 13.6. The summed E-state index contributed by atoms with van der Waals surface area (Å²) in [5.41, 5.74) is 2.31. The molecule has 4 nitrogen and oxygen atoms in total. The molecule has 108 valence electrons. The molecule has 0 amide bonds. The van der Waals surface area contributed by atoms with Crippen molar-refractivity contribution in [3.8, 4) is 0 Å². The van der Waals surface area contributed by atoms with Gasteiger partial charge in [0.1, 0.15) is 0 Å². The summed E-state index contributed by atoms with van der Waals surface area (Å²) in [5.74, 6) is 0. The molecule has 0 aliphatic carbocycles. The van der Waals surface area contributed by atoms with Gasteiger partial charge in [-0.1, -0.05) is 6.07 Å². The van der Waals surface area contributed by atoms with Crippen LogP contribution in [0.2, 0.25) is 0 Å². The molecule has 0 aliphatic heterocycles. The second-order valence-corrected chi connectivity index (χ2v) is 7.75. The summed E-state index contributed by atoms with van der Waals surface area (Å²) in [6.45, 7) is 9.33. The van der Waals surface area contributed by atoms with Gasteiger partial charge in [-0.3, -0.25) is 0 Å². The van der Waals surface area contributed by atoms with Gasteiger partial charge in [0, 0.05) is 25.3 Å². The van der Waals surface area contributed by atoms with Gasteiger partial charge in [-0.05, 0) is 51.8 Å². The van der Waals surface area contributed by atoms with Crippen molar-refractivity contribution in [1.82, 2.24) is 4.72 Å². The molecule has 0 radical (unpaired) electrons. The third-order valence-electron chi connectivity index (χ3n) is 2.76. The Balaban J connectivity index is 3.42. The Kier molecular flexibility index (Phi) is 4.32. The monoisotopic (exact) mass is 284 g/mol. The Morgan fingerprint density at radius 3 is 2.05 bits per heavy atom. The van der Waals surface area contributed by atoms with Crippen molar-refractivity contribution >= 4 is 15.7 Å². The van der Waals surface area contributed by atoms with E-state index in [1.807, 2.05) is 59.7 Å². The molecule has 1 aromatic carbocycles. The van der Waals surface area contributed by atoms with Gasteiger partial charge >= 0.3 is 0 Å². The van der Waals surface area contributed by atoms with E-state index in [1.165, 1.54) is 0 Å². The largest absolute Gasteiger partial charge is 0.377 e. The van der Waals surface area contributed by atoms with Gasteiger partial charge < -0.3 is 4.90 Å². The molecule has 0 atom stereocenters. The van der Waals surface area contributed by atoms with Crippen molar-refractivity contribution < 1.29 is 8.42 Å². The fourth-order valence-electron chi connectivity index (χ4n) is 2.25. The molecule has 0 saturated heterocycles. The lowest BCUT2D eigenvalue weighted by atomic mass is 10.1. The first-order chi connectivity index (χ1) is 8.46. The fraction of sp³-hybridized carbons (Fsp3) is 0.571. The van der Waals surface area contributed by atoms with Crippen molar-refractivity contribution in [2.45, 2.75) is 45.1 Å². The third-order valence-corrected chi connectivity index (χ3v) is 4.66. The first-order valence-corrected chi connectivity index (χ1v) is 7.75. The minimum Gasteiger partial charge on any atom is -0.377 e. The highest BCUT2D eigenvalue weighted by molar-refractivity contribution is 7.89. The summed E-state index contributed by atoms with van der Waals surface area (Å²) in [7, 11) is 0.341. The van der Waals surface area contributed by atoms with E-state index in [0.29, 0.717) is 4.90 Å². The number of rotatable bonds is 3. The van der Waals surface area contributed by atoms with Crippen LogP contribution in [0, 0.1) is 13.8 Å². The summed E-state index contributed by atoms with van der Waals surface area (Å²) < 4.78 is 27.5. The van der Waals surface area contributed by atoms with Gasteiger partial charge in [0.2, 0.25) is 10.0 Å². The van der Waals surface area contributed by atoms with Gasteiger partial charge in [0.15, 0.2) is 0 Å². The van der Waals surface area contributed by atoms with Crippen LogP contribution in [0.25, 0.3) is 0 Å². The maximum Gasteiger partial charge on any atom is 0.241 e. The van der Waals surface area contributed by atoms with Crippen LogP contribution < -0.4 is 9.62 Å². The highest BCUT2D eigenvalue weighted by Crippen LogP contribution is 2.29. The zero-order valence-electron chi connectivity index (χ0n) is 12.8. The molecular formula is C14H24N2O2S. The molecule has 0 bridgehead atoms. The van der Waals surface area contributed by atoms with E-state index < -0.39 is 15.6 Å². The predicted molar refractivity (Wildman–Crippen MR) is 80.3 cm³/mol. The molecule has 0 aliphatic rings. The van der Waals surface area contributed by atoms with Crippen molar-refractivity contribution in [3.05, 3.63) is 23.3 Å². The number of hydrogen-bond acceptors (Lipinski definition) is 3. The average molecular weight is 284 g/mol. The fourth-order valence-corrected chi connectivity index (χ4v) is 3.92. The maximum absolute atomic E-state index is 12.4. The average Bonchev–Trinajstić information content (AvgIpc) is 2.11. The van der Waals surface area contributed by atoms with Gasteiger partial charge in [-0.25, -0.2) is 13.1 Å². The van der Waals surface area contributed by atoms with E-state index in [2.05, 4.69) is 4.72 Å². The van der Waals surface area contributed by atoms with Crippen LogP contribution in [-0.4, -0.2) is 28.1 Å². The number of sulfonamides is 1. The molecule has 1 rings (SSSR count). The maximum atomic E-state index is 12.4. The van der Waals surface area contributed by atoms with E-state index in [-0.39, 0.29) is 0 Å². The van der Waals surface area contributed by atoms with Crippen molar-refractivity contribution in [2.24, 2.45) is 0 Å². The quantitative estimate of drug-likeness (QED) is 0.927. The Labute approximate surface area is 116 Å². The summed E-state index contributed by atoms with van der Waals surface area (Å²) in [6.07, 6.45) is 0. The number of anilines is 1. The van der Waals surface area contributed by atoms with Crippen molar-refractivity contribution in [2.75, 3.05) is 19.0 Å². The van der Waals surface area contributed by atoms with Gasteiger partial charge in [0.25, 0.3) is 0 Å². The lowest BCUT2D eigenvalue weighted by molar-refractivity contribution is 0.491. The highest BCUT2D eigenvalue weighted by Gasteiger charge is 2.25. The zero-order chi connectivity index (χ0) is 15.0. The Bertz CT molecular complexity index is 570. The van der Waals surface area contributed by atoms with Crippen LogP contribution in [0.5, 0.6) is 0 Å². The molecule has 1 aromatic rings. The van der Waals surface area contributed by atoms with Crippen molar-refractivity contribution in [1.29, 1.82) is 0 Å². The third kappa shape index (κ3) is 3.70. The van der Waals surface area contributed by atoms with E-state index in [1.54, 1.807) is 6.07 Å². The number of benzene rings is 1. The smallest absolute Gasteiger partial charge is 0.241 e. The summed E-state index contributed by atoms with van der Waals surface area (Å²) in [4.78, 5) is 2.29. The summed E-state index contributed by atoms with van der Waals surface area (Å²) in [6, 6.07) is 3.52. The van der Waals surface area contributed by atoms with Crippen LogP contribution in [0.4, 0.5) is 5.69 Å². The van der Waals surface area contributed by atoms with Crippen LogP contribution in [0.1, 0.15) is 31.9 Å². The number of hydrogen-bond donors (Lipinski definition) is 1. The van der Waals surface area contributed by atoms with E-state index >= 15 is 0 Å². The van der Waals surface area contributed by atoms with Gasteiger partial charge in [-0.2, -0.15) is 0 Å². The SMILES string of the molecule is Cc1ccc(S(=O)(=O)NC(C)(C)C)c(C)c1N(C)C. The minimum absolute atomic E-state index is 0.344. The molecule has 19 heavy (non-hydrogen) atoms.